The molecule has 2 aromatic carbocycles. The van der Waals surface area contributed by atoms with Gasteiger partial charge in [-0.2, -0.15) is 0 Å². The highest BCUT2D eigenvalue weighted by Crippen LogP contribution is 2.26. The number of hydrogen-bond donors (Lipinski definition) is 1. The van der Waals surface area contributed by atoms with Gasteiger partial charge in [0, 0.05) is 23.2 Å². The third-order valence-corrected chi connectivity index (χ3v) is 4.28. The Kier molecular flexibility index (Phi) is 7.70. The van der Waals surface area contributed by atoms with Crippen LogP contribution in [0.2, 0.25) is 0 Å². The van der Waals surface area contributed by atoms with Crippen LogP contribution >= 0.6 is 9.24 Å². The number of hydrogen-bond acceptors (Lipinski definition) is 5. The van der Waals surface area contributed by atoms with Crippen LogP contribution in [-0.4, -0.2) is 30.9 Å². The quantitative estimate of drug-likeness (QED) is 0.391. The number of rotatable bonds is 9. The number of ketones is 2. The zero-order valence-electron chi connectivity index (χ0n) is 16.2. The van der Waals surface area contributed by atoms with Crippen molar-refractivity contribution < 1.29 is 23.9 Å². The minimum atomic E-state index is -0.305. The van der Waals surface area contributed by atoms with E-state index in [4.69, 9.17) is 9.47 Å². The minimum absolute atomic E-state index is 0.126. The second-order valence-corrected chi connectivity index (χ2v) is 6.76. The highest BCUT2D eigenvalue weighted by molar-refractivity contribution is 7.16. The first kappa shape index (κ1) is 21.6. The van der Waals surface area contributed by atoms with E-state index in [0.717, 1.165) is 0 Å². The lowest BCUT2D eigenvalue weighted by molar-refractivity contribution is -0.121. The summed E-state index contributed by atoms with van der Waals surface area (Å²) in [5.74, 6) is 0.0427. The lowest BCUT2D eigenvalue weighted by Crippen LogP contribution is -2.15. The fourth-order valence-corrected chi connectivity index (χ4v) is 2.62. The van der Waals surface area contributed by atoms with E-state index in [9.17, 15) is 14.4 Å². The van der Waals surface area contributed by atoms with Gasteiger partial charge in [0.25, 0.3) is 5.91 Å². The molecule has 0 saturated heterocycles. The molecule has 0 radical (unpaired) electrons. The standard InChI is InChI=1S/C21H24NO5P/c1-13(2)18(23)11-19(24)17-9-6-15(10-20(17)27-12-28)22-21(25)14-4-7-16(26-3)8-5-14/h4-10,13H,11-12,28H2,1-3H3,(H,22,25). The van der Waals surface area contributed by atoms with Crippen LogP contribution in [0.5, 0.6) is 11.5 Å². The smallest absolute Gasteiger partial charge is 0.255 e. The molecule has 0 aliphatic carbocycles. The molecule has 6 nitrogen and oxygen atoms in total. The summed E-state index contributed by atoms with van der Waals surface area (Å²) >= 11 is 0. The maximum Gasteiger partial charge on any atom is 0.255 e. The summed E-state index contributed by atoms with van der Waals surface area (Å²) < 4.78 is 10.6. The average Bonchev–Trinajstić information content (AvgIpc) is 2.68. The fourth-order valence-electron chi connectivity index (χ4n) is 2.44. The normalized spacial score (nSPS) is 10.5. The average molecular weight is 401 g/mol. The molecule has 0 aromatic heterocycles. The summed E-state index contributed by atoms with van der Waals surface area (Å²) in [7, 11) is 3.97. The van der Waals surface area contributed by atoms with Crippen molar-refractivity contribution in [2.75, 3.05) is 18.8 Å². The molecule has 148 valence electrons. The van der Waals surface area contributed by atoms with Crippen molar-refractivity contribution in [3.63, 3.8) is 0 Å². The van der Waals surface area contributed by atoms with Crippen molar-refractivity contribution in [3.05, 3.63) is 53.6 Å². The number of carbonyl (C=O) groups excluding carboxylic acids is 3. The van der Waals surface area contributed by atoms with Crippen LogP contribution in [0.4, 0.5) is 5.69 Å². The predicted octanol–water partition coefficient (Wildman–Crippen LogP) is 3.96. The number of amides is 1. The predicted molar refractivity (Wildman–Crippen MR) is 111 cm³/mol. The second kappa shape index (κ2) is 10.00. The van der Waals surface area contributed by atoms with E-state index >= 15 is 0 Å². The van der Waals surface area contributed by atoms with E-state index in [0.29, 0.717) is 28.3 Å². The number of carbonyl (C=O) groups is 3. The van der Waals surface area contributed by atoms with Gasteiger partial charge in [-0.25, -0.2) is 0 Å². The van der Waals surface area contributed by atoms with Crippen LogP contribution in [0.3, 0.4) is 0 Å². The van der Waals surface area contributed by atoms with Crippen LogP contribution < -0.4 is 14.8 Å². The number of nitrogens with one attached hydrogen (secondary N) is 1. The number of benzene rings is 2. The largest absolute Gasteiger partial charge is 0.497 e. The summed E-state index contributed by atoms with van der Waals surface area (Å²) in [5.41, 5.74) is 1.27. The Morgan fingerprint density at radius 2 is 1.75 bits per heavy atom. The molecule has 0 fully saturated rings. The molecule has 0 saturated carbocycles. The monoisotopic (exact) mass is 401 g/mol. The Bertz CT molecular complexity index is 862. The van der Waals surface area contributed by atoms with Gasteiger partial charge in [0.2, 0.25) is 0 Å². The Balaban J connectivity index is 2.19. The van der Waals surface area contributed by atoms with Crippen LogP contribution in [0.25, 0.3) is 0 Å². The van der Waals surface area contributed by atoms with Crippen molar-refractivity contribution in [2.45, 2.75) is 20.3 Å². The van der Waals surface area contributed by atoms with E-state index in [2.05, 4.69) is 14.6 Å². The molecule has 1 atom stereocenters. The van der Waals surface area contributed by atoms with E-state index in [1.807, 2.05) is 0 Å². The molecule has 1 N–H and O–H groups in total. The molecule has 1 unspecified atom stereocenters. The number of ether oxygens (including phenoxy) is 2. The first-order chi connectivity index (χ1) is 13.3. The number of Topliss-reactive ketones (excluding diaryl/α,β-unsaturated/α-hetero) is 2. The van der Waals surface area contributed by atoms with Crippen molar-refractivity contribution in [3.8, 4) is 11.5 Å². The van der Waals surface area contributed by atoms with Crippen molar-refractivity contribution in [1.29, 1.82) is 0 Å². The molecule has 7 heteroatoms. The van der Waals surface area contributed by atoms with Gasteiger partial charge in [-0.1, -0.05) is 23.1 Å². The number of methoxy groups -OCH3 is 1. The highest BCUT2D eigenvalue weighted by atomic mass is 31.0. The zero-order valence-corrected chi connectivity index (χ0v) is 17.3. The Labute approximate surface area is 166 Å². The zero-order chi connectivity index (χ0) is 20.7. The highest BCUT2D eigenvalue weighted by Gasteiger charge is 2.19. The van der Waals surface area contributed by atoms with Gasteiger partial charge in [-0.05, 0) is 36.4 Å². The summed E-state index contributed by atoms with van der Waals surface area (Å²) in [6.07, 6.45) is 0.0940. The number of anilines is 1. The third-order valence-electron chi connectivity index (χ3n) is 4.11. The lowest BCUT2D eigenvalue weighted by Gasteiger charge is -2.13. The molecule has 0 aliphatic heterocycles. The van der Waals surface area contributed by atoms with Gasteiger partial charge in [0.15, 0.2) is 5.78 Å². The Morgan fingerprint density at radius 3 is 2.32 bits per heavy atom. The van der Waals surface area contributed by atoms with Crippen molar-refractivity contribution in [2.24, 2.45) is 5.92 Å². The molecule has 2 rings (SSSR count). The fraction of sp³-hybridized carbons (Fsp3) is 0.286. The van der Waals surface area contributed by atoms with E-state index in [1.165, 1.54) is 0 Å². The first-order valence-corrected chi connectivity index (χ1v) is 9.65. The molecular weight excluding hydrogens is 377 g/mol. The van der Waals surface area contributed by atoms with Crippen molar-refractivity contribution >= 4 is 32.4 Å². The van der Waals surface area contributed by atoms with E-state index in [-0.39, 0.29) is 36.2 Å². The molecule has 1 amide bonds. The van der Waals surface area contributed by atoms with Gasteiger partial charge in [-0.15, -0.1) is 0 Å². The molecule has 28 heavy (non-hydrogen) atoms. The summed E-state index contributed by atoms with van der Waals surface area (Å²) in [6, 6.07) is 11.5. The Hall–Kier alpha value is -2.72. The summed E-state index contributed by atoms with van der Waals surface area (Å²) in [5, 5.41) is 2.77. The second-order valence-electron chi connectivity index (χ2n) is 6.43. The summed E-state index contributed by atoms with van der Waals surface area (Å²) in [4.78, 5) is 36.8. The van der Waals surface area contributed by atoms with Gasteiger partial charge in [0.1, 0.15) is 23.6 Å². The molecule has 0 bridgehead atoms. The van der Waals surface area contributed by atoms with Gasteiger partial charge in [0.05, 0.1) is 19.1 Å². The lowest BCUT2D eigenvalue weighted by atomic mass is 9.99. The maximum atomic E-state index is 12.5. The van der Waals surface area contributed by atoms with Crippen molar-refractivity contribution in [1.82, 2.24) is 0 Å². The van der Waals surface area contributed by atoms with Crippen LogP contribution in [-0.2, 0) is 4.79 Å². The Morgan fingerprint density at radius 1 is 1.07 bits per heavy atom. The van der Waals surface area contributed by atoms with Crippen LogP contribution in [0.15, 0.2) is 42.5 Å². The van der Waals surface area contributed by atoms with E-state index < -0.39 is 0 Å². The van der Waals surface area contributed by atoms with E-state index in [1.54, 1.807) is 63.4 Å². The molecule has 2 aromatic rings. The SMILES string of the molecule is COc1ccc(C(=O)Nc2ccc(C(=O)CC(=O)C(C)C)c(OCP)c2)cc1. The summed E-state index contributed by atoms with van der Waals surface area (Å²) in [6.45, 7) is 3.51. The first-order valence-electron chi connectivity index (χ1n) is 8.84. The van der Waals surface area contributed by atoms with Crippen LogP contribution in [0.1, 0.15) is 41.0 Å². The topological polar surface area (TPSA) is 81.7 Å². The maximum absolute atomic E-state index is 12.5. The molecule has 0 aliphatic rings. The third kappa shape index (κ3) is 5.64. The minimum Gasteiger partial charge on any atom is -0.497 e. The van der Waals surface area contributed by atoms with Gasteiger partial charge >= 0.3 is 0 Å². The molecule has 0 heterocycles. The molecule has 0 spiro atoms. The molecular formula is C21H24NO5P. The van der Waals surface area contributed by atoms with Gasteiger partial charge in [-0.3, -0.25) is 14.4 Å². The van der Waals surface area contributed by atoms with Gasteiger partial charge < -0.3 is 14.8 Å². The van der Waals surface area contributed by atoms with Crippen LogP contribution in [0, 0.1) is 5.92 Å².